The fraction of sp³-hybridized carbons (Fsp3) is 0.200. The Morgan fingerprint density at radius 2 is 2.36 bits per heavy atom. The molecule has 14 heavy (non-hydrogen) atoms. The average Bonchev–Trinajstić information content (AvgIpc) is 2.63. The zero-order valence-corrected chi connectivity index (χ0v) is 8.62. The molecule has 0 aromatic carbocycles. The first-order valence-corrected chi connectivity index (χ1v) is 5.10. The van der Waals surface area contributed by atoms with Crippen molar-refractivity contribution in [3.63, 3.8) is 0 Å². The zero-order chi connectivity index (χ0) is 9.80. The second kappa shape index (κ2) is 4.19. The number of ether oxygens (including phenoxy) is 1. The van der Waals surface area contributed by atoms with Gasteiger partial charge in [-0.15, -0.1) is 11.3 Å². The van der Waals surface area contributed by atoms with Gasteiger partial charge < -0.3 is 4.74 Å². The Kier molecular flexibility index (Phi) is 2.74. The van der Waals surface area contributed by atoms with Gasteiger partial charge in [0.1, 0.15) is 17.4 Å². The smallest absolute Gasteiger partial charge is 0.140 e. The molecule has 0 bridgehead atoms. The molecule has 0 saturated carbocycles. The highest BCUT2D eigenvalue weighted by molar-refractivity contribution is 7.11. The maximum absolute atomic E-state index is 5.49. The highest BCUT2D eigenvalue weighted by Gasteiger charge is 1.99. The van der Waals surface area contributed by atoms with Gasteiger partial charge >= 0.3 is 0 Å². The predicted molar refractivity (Wildman–Crippen MR) is 55.4 cm³/mol. The van der Waals surface area contributed by atoms with Gasteiger partial charge in [0.2, 0.25) is 0 Å². The summed E-state index contributed by atoms with van der Waals surface area (Å²) in [5, 5.41) is 0.992. The average molecular weight is 206 g/mol. The van der Waals surface area contributed by atoms with Crippen molar-refractivity contribution in [2.45, 2.75) is 13.5 Å². The molecule has 2 heterocycles. The standard InChI is InChI=1S/C10H10N2OS/c1-8-5-12-10(14-8)7-13-9-3-2-4-11-6-9/h2-6H,7H2,1H3. The first-order chi connectivity index (χ1) is 6.84. The summed E-state index contributed by atoms with van der Waals surface area (Å²) in [6, 6.07) is 3.73. The number of thiazole rings is 1. The van der Waals surface area contributed by atoms with E-state index in [0.29, 0.717) is 6.61 Å². The molecule has 0 amide bonds. The van der Waals surface area contributed by atoms with Gasteiger partial charge in [0.05, 0.1) is 6.20 Å². The second-order valence-corrected chi connectivity index (χ2v) is 4.16. The van der Waals surface area contributed by atoms with Crippen LogP contribution in [0.1, 0.15) is 9.88 Å². The minimum Gasteiger partial charge on any atom is -0.485 e. The highest BCUT2D eigenvalue weighted by atomic mass is 32.1. The van der Waals surface area contributed by atoms with Crippen LogP contribution in [0.15, 0.2) is 30.7 Å². The normalized spacial score (nSPS) is 10.1. The van der Waals surface area contributed by atoms with Crippen LogP contribution in [0.25, 0.3) is 0 Å². The van der Waals surface area contributed by atoms with Gasteiger partial charge in [-0.3, -0.25) is 4.98 Å². The van der Waals surface area contributed by atoms with Crippen molar-refractivity contribution in [1.29, 1.82) is 0 Å². The van der Waals surface area contributed by atoms with E-state index in [1.807, 2.05) is 25.3 Å². The topological polar surface area (TPSA) is 35.0 Å². The van der Waals surface area contributed by atoms with Gasteiger partial charge in [-0.2, -0.15) is 0 Å². The van der Waals surface area contributed by atoms with Crippen LogP contribution in [-0.2, 0) is 6.61 Å². The molecule has 0 fully saturated rings. The summed E-state index contributed by atoms with van der Waals surface area (Å²) in [5.41, 5.74) is 0. The molecule has 0 aliphatic carbocycles. The molecule has 4 heteroatoms. The van der Waals surface area contributed by atoms with E-state index in [2.05, 4.69) is 9.97 Å². The van der Waals surface area contributed by atoms with E-state index in [1.54, 1.807) is 23.7 Å². The zero-order valence-electron chi connectivity index (χ0n) is 7.80. The molecule has 0 saturated heterocycles. The summed E-state index contributed by atoms with van der Waals surface area (Å²) >= 11 is 1.65. The van der Waals surface area contributed by atoms with Crippen LogP contribution in [0.3, 0.4) is 0 Å². The lowest BCUT2D eigenvalue weighted by molar-refractivity contribution is 0.304. The van der Waals surface area contributed by atoms with Crippen molar-refractivity contribution in [3.8, 4) is 5.75 Å². The quantitative estimate of drug-likeness (QED) is 0.773. The summed E-state index contributed by atoms with van der Waals surface area (Å²) in [7, 11) is 0. The van der Waals surface area contributed by atoms with Gasteiger partial charge in [0.25, 0.3) is 0 Å². The summed E-state index contributed by atoms with van der Waals surface area (Å²) in [6.45, 7) is 2.55. The van der Waals surface area contributed by atoms with Crippen LogP contribution >= 0.6 is 11.3 Å². The Balaban J connectivity index is 1.95. The van der Waals surface area contributed by atoms with Gasteiger partial charge in [-0.1, -0.05) is 0 Å². The molecule has 3 nitrogen and oxygen atoms in total. The lowest BCUT2D eigenvalue weighted by atomic mass is 10.5. The predicted octanol–water partition coefficient (Wildman–Crippen LogP) is 2.43. The summed E-state index contributed by atoms with van der Waals surface area (Å²) in [4.78, 5) is 9.37. The van der Waals surface area contributed by atoms with Crippen molar-refractivity contribution in [1.82, 2.24) is 9.97 Å². The van der Waals surface area contributed by atoms with E-state index in [0.717, 1.165) is 10.8 Å². The first-order valence-electron chi connectivity index (χ1n) is 4.29. The van der Waals surface area contributed by atoms with Gasteiger partial charge in [-0.25, -0.2) is 4.98 Å². The van der Waals surface area contributed by atoms with E-state index in [1.165, 1.54) is 4.88 Å². The lowest BCUT2D eigenvalue weighted by Gasteiger charge is -2.01. The molecule has 0 aliphatic rings. The van der Waals surface area contributed by atoms with E-state index < -0.39 is 0 Å². The molecule has 72 valence electrons. The van der Waals surface area contributed by atoms with Crippen LogP contribution in [0.5, 0.6) is 5.75 Å². The maximum Gasteiger partial charge on any atom is 0.140 e. The van der Waals surface area contributed by atoms with Gasteiger partial charge in [0.15, 0.2) is 0 Å². The van der Waals surface area contributed by atoms with Crippen LogP contribution in [-0.4, -0.2) is 9.97 Å². The molecular weight excluding hydrogens is 196 g/mol. The van der Waals surface area contributed by atoms with Crippen molar-refractivity contribution in [2.24, 2.45) is 0 Å². The van der Waals surface area contributed by atoms with Crippen LogP contribution in [0.4, 0.5) is 0 Å². The summed E-state index contributed by atoms with van der Waals surface area (Å²) in [6.07, 6.45) is 5.27. The maximum atomic E-state index is 5.49. The number of aromatic nitrogens is 2. The van der Waals surface area contributed by atoms with E-state index in [4.69, 9.17) is 4.74 Å². The first kappa shape index (κ1) is 9.15. The Morgan fingerprint density at radius 1 is 1.43 bits per heavy atom. The Hall–Kier alpha value is -1.42. The minimum atomic E-state index is 0.518. The molecule has 0 atom stereocenters. The monoisotopic (exact) mass is 206 g/mol. The van der Waals surface area contributed by atoms with Crippen molar-refractivity contribution >= 4 is 11.3 Å². The number of rotatable bonds is 3. The molecular formula is C10H10N2OS. The molecule has 0 N–H and O–H groups in total. The molecule has 0 aliphatic heterocycles. The Bertz CT molecular complexity index is 400. The number of pyridine rings is 1. The number of hydrogen-bond donors (Lipinski definition) is 0. The number of nitrogens with zero attached hydrogens (tertiary/aromatic N) is 2. The van der Waals surface area contributed by atoms with Crippen molar-refractivity contribution in [3.05, 3.63) is 40.6 Å². The number of aryl methyl sites for hydroxylation is 1. The summed E-state index contributed by atoms with van der Waals surface area (Å²) < 4.78 is 5.49. The molecule has 0 spiro atoms. The van der Waals surface area contributed by atoms with Gasteiger partial charge in [0, 0.05) is 17.3 Å². The summed E-state index contributed by atoms with van der Waals surface area (Å²) in [5.74, 6) is 0.778. The largest absolute Gasteiger partial charge is 0.485 e. The van der Waals surface area contributed by atoms with E-state index >= 15 is 0 Å². The number of hydrogen-bond acceptors (Lipinski definition) is 4. The van der Waals surface area contributed by atoms with E-state index in [-0.39, 0.29) is 0 Å². The van der Waals surface area contributed by atoms with Gasteiger partial charge in [-0.05, 0) is 19.1 Å². The minimum absolute atomic E-state index is 0.518. The van der Waals surface area contributed by atoms with E-state index in [9.17, 15) is 0 Å². The Morgan fingerprint density at radius 3 is 3.00 bits per heavy atom. The SMILES string of the molecule is Cc1cnc(COc2cccnc2)s1. The van der Waals surface area contributed by atoms with Crippen LogP contribution in [0, 0.1) is 6.92 Å². The molecule has 2 aromatic rings. The third kappa shape index (κ3) is 2.29. The molecule has 0 unspecified atom stereocenters. The van der Waals surface area contributed by atoms with Crippen molar-refractivity contribution < 1.29 is 4.74 Å². The van der Waals surface area contributed by atoms with Crippen molar-refractivity contribution in [2.75, 3.05) is 0 Å². The molecule has 2 aromatic heterocycles. The third-order valence-electron chi connectivity index (χ3n) is 1.67. The highest BCUT2D eigenvalue weighted by Crippen LogP contribution is 2.14. The fourth-order valence-electron chi connectivity index (χ4n) is 1.05. The van der Waals surface area contributed by atoms with Crippen LogP contribution < -0.4 is 4.74 Å². The Labute approximate surface area is 86.4 Å². The third-order valence-corrected chi connectivity index (χ3v) is 2.55. The lowest BCUT2D eigenvalue weighted by Crippen LogP contribution is -1.94. The van der Waals surface area contributed by atoms with Crippen LogP contribution in [0.2, 0.25) is 0 Å². The molecule has 0 radical (unpaired) electrons. The second-order valence-electron chi connectivity index (χ2n) is 2.84. The molecule has 2 rings (SSSR count). The fourth-order valence-corrected chi connectivity index (χ4v) is 1.75.